The van der Waals surface area contributed by atoms with Crippen LogP contribution in [0.5, 0.6) is 0 Å². The molecule has 0 amide bonds. The van der Waals surface area contributed by atoms with Gasteiger partial charge in [-0.2, -0.15) is 0 Å². The molecular weight excluding hydrogens is 492 g/mol. The molecule has 0 aromatic carbocycles. The summed E-state index contributed by atoms with van der Waals surface area (Å²) in [7, 11) is 0. The van der Waals surface area contributed by atoms with Crippen molar-refractivity contribution in [3.8, 4) is 0 Å². The van der Waals surface area contributed by atoms with Crippen LogP contribution >= 0.6 is 0 Å². The van der Waals surface area contributed by atoms with Crippen molar-refractivity contribution in [1.29, 1.82) is 0 Å². The molecule has 212 valence electrons. The van der Waals surface area contributed by atoms with Crippen LogP contribution in [0.3, 0.4) is 0 Å². The highest BCUT2D eigenvalue weighted by Crippen LogP contribution is 2.65. The summed E-state index contributed by atoms with van der Waals surface area (Å²) in [6, 6.07) is 0. The molecule has 0 aromatic heterocycles. The zero-order chi connectivity index (χ0) is 28.3. The van der Waals surface area contributed by atoms with E-state index in [0.29, 0.717) is 44.1 Å². The first-order valence-corrected chi connectivity index (χ1v) is 13.5. The molecule has 0 saturated heterocycles. The molecule has 6 atom stereocenters. The molecule has 0 bridgehead atoms. The van der Waals surface area contributed by atoms with E-state index >= 15 is 0 Å². The van der Waals surface area contributed by atoms with Gasteiger partial charge in [0.1, 0.15) is 31.5 Å². The first kappa shape index (κ1) is 29.9. The minimum absolute atomic E-state index is 0.0765. The van der Waals surface area contributed by atoms with Crippen LogP contribution in [0.1, 0.15) is 80.1 Å². The molecule has 3 aliphatic rings. The van der Waals surface area contributed by atoms with Gasteiger partial charge >= 0.3 is 23.9 Å². The molecule has 9 heteroatoms. The van der Waals surface area contributed by atoms with E-state index in [1.807, 2.05) is 0 Å². The van der Waals surface area contributed by atoms with E-state index in [9.17, 15) is 24.3 Å². The van der Waals surface area contributed by atoms with Gasteiger partial charge in [0.05, 0.1) is 5.41 Å². The average Bonchev–Trinajstić information content (AvgIpc) is 3.28. The zero-order valence-electron chi connectivity index (χ0n) is 23.5. The van der Waals surface area contributed by atoms with Gasteiger partial charge in [0, 0.05) is 25.5 Å². The number of carbonyl (C=O) groups is 4. The maximum atomic E-state index is 12.8. The summed E-state index contributed by atoms with van der Waals surface area (Å²) in [5.41, 5.74) is -1.86. The normalized spacial score (nSPS) is 35.0. The van der Waals surface area contributed by atoms with Gasteiger partial charge < -0.3 is 24.1 Å². The monoisotopic (exact) mass is 534 g/mol. The Morgan fingerprint density at radius 1 is 1.16 bits per heavy atom. The number of allylic oxidation sites excluding steroid dienone is 1. The van der Waals surface area contributed by atoms with E-state index in [4.69, 9.17) is 18.9 Å². The predicted octanol–water partition coefficient (Wildman–Crippen LogP) is 3.82. The second kappa shape index (κ2) is 11.6. The molecule has 0 unspecified atom stereocenters. The quantitative estimate of drug-likeness (QED) is 0.267. The van der Waals surface area contributed by atoms with Crippen LogP contribution in [0.15, 0.2) is 23.3 Å². The Bertz CT molecular complexity index is 1010. The lowest BCUT2D eigenvalue weighted by molar-refractivity contribution is -0.283. The highest BCUT2D eigenvalue weighted by atomic mass is 16.6. The van der Waals surface area contributed by atoms with E-state index in [1.165, 1.54) is 19.9 Å². The maximum absolute atomic E-state index is 12.8. The summed E-state index contributed by atoms with van der Waals surface area (Å²) < 4.78 is 22.3. The molecule has 1 N–H and O–H groups in total. The SMILES string of the molecule is C/C=C(\C)C(=O)OC[C@@]12[C@@H](OC(C)=O)C[C@@H](C)[C@](C)(CCC3=CC(=O)OC3)[C@H]1CCC[C@]2(O)COC(C)=O. The van der Waals surface area contributed by atoms with Crippen molar-refractivity contribution in [2.24, 2.45) is 22.7 Å². The molecule has 0 aromatic rings. The molecule has 0 radical (unpaired) electrons. The Kier molecular flexibility index (Phi) is 9.12. The Hall–Kier alpha value is -2.68. The summed E-state index contributed by atoms with van der Waals surface area (Å²) >= 11 is 0. The molecule has 3 rings (SSSR count). The third-order valence-electron chi connectivity index (χ3n) is 9.36. The number of carbonyl (C=O) groups excluding carboxylic acids is 4. The van der Waals surface area contributed by atoms with Crippen molar-refractivity contribution in [2.75, 3.05) is 19.8 Å². The van der Waals surface area contributed by atoms with Crippen LogP contribution in [0.2, 0.25) is 0 Å². The number of cyclic esters (lactones) is 1. The van der Waals surface area contributed by atoms with Crippen molar-refractivity contribution in [3.05, 3.63) is 23.3 Å². The van der Waals surface area contributed by atoms with Crippen LogP contribution in [-0.4, -0.2) is 60.5 Å². The van der Waals surface area contributed by atoms with Gasteiger partial charge in [-0.25, -0.2) is 9.59 Å². The number of hydrogen-bond donors (Lipinski definition) is 1. The fourth-order valence-electron chi connectivity index (χ4n) is 6.93. The van der Waals surface area contributed by atoms with Crippen molar-refractivity contribution in [1.82, 2.24) is 0 Å². The molecule has 9 nitrogen and oxygen atoms in total. The molecule has 2 fully saturated rings. The van der Waals surface area contributed by atoms with Crippen molar-refractivity contribution >= 4 is 23.9 Å². The molecule has 0 spiro atoms. The van der Waals surface area contributed by atoms with Crippen molar-refractivity contribution in [2.45, 2.75) is 91.8 Å². The van der Waals surface area contributed by atoms with Crippen LogP contribution in [-0.2, 0) is 38.1 Å². The van der Waals surface area contributed by atoms with Gasteiger partial charge in [0.25, 0.3) is 0 Å². The second-order valence-electron chi connectivity index (χ2n) is 11.5. The topological polar surface area (TPSA) is 125 Å². The van der Waals surface area contributed by atoms with E-state index in [0.717, 1.165) is 5.57 Å². The summed E-state index contributed by atoms with van der Waals surface area (Å²) in [6.07, 6.45) is 5.85. The number of rotatable bonds is 9. The minimum atomic E-state index is -1.60. The number of ether oxygens (including phenoxy) is 4. The highest BCUT2D eigenvalue weighted by molar-refractivity contribution is 5.87. The smallest absolute Gasteiger partial charge is 0.333 e. The Balaban J connectivity index is 2.12. The van der Waals surface area contributed by atoms with E-state index < -0.39 is 35.0 Å². The van der Waals surface area contributed by atoms with Crippen LogP contribution < -0.4 is 0 Å². The molecular formula is C29H42O9. The summed E-state index contributed by atoms with van der Waals surface area (Å²) in [5.74, 6) is -2.05. The third kappa shape index (κ3) is 5.67. The average molecular weight is 535 g/mol. The lowest BCUT2D eigenvalue weighted by Gasteiger charge is -2.65. The molecule has 2 aliphatic carbocycles. The number of esters is 4. The molecule has 38 heavy (non-hydrogen) atoms. The molecule has 1 aliphatic heterocycles. The maximum Gasteiger partial charge on any atom is 0.333 e. The van der Waals surface area contributed by atoms with E-state index in [1.54, 1.807) is 19.9 Å². The third-order valence-corrected chi connectivity index (χ3v) is 9.36. The van der Waals surface area contributed by atoms with Gasteiger partial charge in [0.2, 0.25) is 0 Å². The fraction of sp³-hybridized carbons (Fsp3) is 0.724. The van der Waals surface area contributed by atoms with Crippen molar-refractivity contribution in [3.63, 3.8) is 0 Å². The van der Waals surface area contributed by atoms with Gasteiger partial charge in [-0.1, -0.05) is 26.3 Å². The van der Waals surface area contributed by atoms with Crippen LogP contribution in [0, 0.1) is 22.7 Å². The lowest BCUT2D eigenvalue weighted by Crippen LogP contribution is -2.72. The minimum Gasteiger partial charge on any atom is -0.463 e. The lowest BCUT2D eigenvalue weighted by atomic mass is 9.42. The highest BCUT2D eigenvalue weighted by Gasteiger charge is 2.70. The fourth-order valence-corrected chi connectivity index (χ4v) is 6.93. The second-order valence-corrected chi connectivity index (χ2v) is 11.5. The van der Waals surface area contributed by atoms with Crippen molar-refractivity contribution < 1.29 is 43.2 Å². The molecule has 1 heterocycles. The first-order valence-electron chi connectivity index (χ1n) is 13.5. The predicted molar refractivity (Wildman–Crippen MR) is 137 cm³/mol. The van der Waals surface area contributed by atoms with E-state index in [-0.39, 0.29) is 43.0 Å². The standard InChI is InChI=1S/C29H42O9/c1-7-18(2)26(33)37-17-29-23(9-8-11-28(29,34)16-36-20(4)30)27(6,12-10-22-14-25(32)35-15-22)19(3)13-24(29)38-21(5)31/h7,14,19,23-24,34H,8-13,15-17H2,1-6H3/b18-7+/t19-,23-,24+,27+,28+,29+/m1/s1. The zero-order valence-corrected chi connectivity index (χ0v) is 23.5. The van der Waals surface area contributed by atoms with Gasteiger partial charge in [-0.3, -0.25) is 9.59 Å². The van der Waals surface area contributed by atoms with Crippen LogP contribution in [0.25, 0.3) is 0 Å². The van der Waals surface area contributed by atoms with Gasteiger partial charge in [-0.05, 0) is 68.8 Å². The summed E-state index contributed by atoms with van der Waals surface area (Å²) in [5, 5.41) is 12.3. The number of hydrogen-bond acceptors (Lipinski definition) is 9. The molecule has 2 saturated carbocycles. The van der Waals surface area contributed by atoms with Gasteiger partial charge in [0.15, 0.2) is 0 Å². The largest absolute Gasteiger partial charge is 0.463 e. The Morgan fingerprint density at radius 2 is 1.87 bits per heavy atom. The summed E-state index contributed by atoms with van der Waals surface area (Å²) in [4.78, 5) is 48.7. The van der Waals surface area contributed by atoms with E-state index in [2.05, 4.69) is 13.8 Å². The number of fused-ring (bicyclic) bond motifs is 1. The van der Waals surface area contributed by atoms with Gasteiger partial charge in [-0.15, -0.1) is 0 Å². The summed E-state index contributed by atoms with van der Waals surface area (Å²) in [6.45, 7) is 10.1. The first-order chi connectivity index (χ1) is 17.8. The number of aliphatic hydroxyl groups is 1. The Morgan fingerprint density at radius 3 is 2.45 bits per heavy atom. The van der Waals surface area contributed by atoms with Crippen LogP contribution in [0.4, 0.5) is 0 Å². The Labute approximate surface area is 224 Å².